The lowest BCUT2D eigenvalue weighted by molar-refractivity contribution is 0.103. The van der Waals surface area contributed by atoms with Gasteiger partial charge in [0.2, 0.25) is 5.78 Å². The van der Waals surface area contributed by atoms with Crippen molar-refractivity contribution in [3.05, 3.63) is 88.5 Å². The number of ketones is 1. The van der Waals surface area contributed by atoms with E-state index in [1.807, 2.05) is 12.1 Å². The molecule has 0 spiro atoms. The van der Waals surface area contributed by atoms with Crippen LogP contribution >= 0.6 is 11.6 Å². The number of anilines is 1. The van der Waals surface area contributed by atoms with Crippen LogP contribution in [0, 0.1) is 5.82 Å². The number of carbonyl (C=O) groups excluding carboxylic acids is 2. The fourth-order valence-corrected chi connectivity index (χ4v) is 2.54. The minimum absolute atomic E-state index is 0.118. The summed E-state index contributed by atoms with van der Waals surface area (Å²) in [6.07, 6.45) is 0.353. The highest BCUT2D eigenvalue weighted by Gasteiger charge is 2.15. The molecule has 0 aliphatic heterocycles. The summed E-state index contributed by atoms with van der Waals surface area (Å²) >= 11 is 5.86. The molecule has 1 aromatic heterocycles. The summed E-state index contributed by atoms with van der Waals surface area (Å²) in [5, 5.41) is 3.85. The minimum Gasteiger partial charge on any atom is -0.407 e. The number of hydrogen-bond donors (Lipinski definition) is 2. The third-order valence-electron chi connectivity index (χ3n) is 3.81. The number of aromatic nitrogens is 1. The predicted molar refractivity (Wildman–Crippen MR) is 103 cm³/mol. The molecule has 0 atom stereocenters. The van der Waals surface area contributed by atoms with E-state index in [1.165, 1.54) is 12.3 Å². The number of nitrogens with two attached hydrogens (primary N) is 1. The maximum absolute atomic E-state index is 13.6. The van der Waals surface area contributed by atoms with Gasteiger partial charge >= 0.3 is 6.09 Å². The third-order valence-corrected chi connectivity index (χ3v) is 4.06. The lowest BCUT2D eigenvalue weighted by Gasteiger charge is -2.08. The number of ether oxygens (including phenoxy) is 1. The van der Waals surface area contributed by atoms with E-state index >= 15 is 0 Å². The van der Waals surface area contributed by atoms with E-state index in [2.05, 4.69) is 15.0 Å². The summed E-state index contributed by atoms with van der Waals surface area (Å²) in [6.45, 7) is 0.567. The summed E-state index contributed by atoms with van der Waals surface area (Å²) < 4.78 is 18.2. The van der Waals surface area contributed by atoms with Crippen molar-refractivity contribution in [3.8, 4) is 5.75 Å². The van der Waals surface area contributed by atoms with Crippen LogP contribution in [0.25, 0.3) is 0 Å². The molecule has 3 aromatic rings. The maximum Gasteiger partial charge on any atom is 0.410 e. The standard InChI is InChI=1S/C20H15ClFN3O3/c21-14-4-1-12(2-5-14)10-24-15-6-8-17(25-11-15)19(26)13-3-7-16(22)18(9-13)28-20(23)27/h1-9,11,24H,10H2,(H2,23,27). The molecule has 1 heterocycles. The second-order valence-electron chi connectivity index (χ2n) is 5.81. The molecule has 0 bridgehead atoms. The summed E-state index contributed by atoms with van der Waals surface area (Å²) in [5.41, 5.74) is 6.93. The maximum atomic E-state index is 13.6. The molecule has 6 nitrogen and oxygen atoms in total. The van der Waals surface area contributed by atoms with E-state index < -0.39 is 23.4 Å². The molecule has 0 unspecified atom stereocenters. The molecule has 0 radical (unpaired) electrons. The van der Waals surface area contributed by atoms with Crippen molar-refractivity contribution in [3.63, 3.8) is 0 Å². The molecule has 3 N–H and O–H groups in total. The molecule has 3 rings (SSSR count). The topological polar surface area (TPSA) is 94.3 Å². The first-order valence-electron chi connectivity index (χ1n) is 8.18. The number of rotatable bonds is 6. The van der Waals surface area contributed by atoms with Gasteiger partial charge in [-0.05, 0) is 48.0 Å². The van der Waals surface area contributed by atoms with Crippen molar-refractivity contribution in [1.29, 1.82) is 0 Å². The first-order valence-corrected chi connectivity index (χ1v) is 8.56. The van der Waals surface area contributed by atoms with Gasteiger partial charge < -0.3 is 15.8 Å². The Morgan fingerprint density at radius 1 is 1.11 bits per heavy atom. The first kappa shape index (κ1) is 19.3. The van der Waals surface area contributed by atoms with Crippen LogP contribution in [0.4, 0.5) is 14.9 Å². The van der Waals surface area contributed by atoms with E-state index in [1.54, 1.807) is 24.3 Å². The number of halogens is 2. The van der Waals surface area contributed by atoms with E-state index in [4.69, 9.17) is 17.3 Å². The average Bonchev–Trinajstić information content (AvgIpc) is 2.69. The van der Waals surface area contributed by atoms with Gasteiger partial charge in [0, 0.05) is 17.1 Å². The molecule has 0 saturated carbocycles. The monoisotopic (exact) mass is 399 g/mol. The second-order valence-corrected chi connectivity index (χ2v) is 6.24. The number of benzene rings is 2. The number of carbonyl (C=O) groups is 2. The number of nitrogens with zero attached hydrogens (tertiary/aromatic N) is 1. The van der Waals surface area contributed by atoms with Crippen molar-refractivity contribution in [2.45, 2.75) is 6.54 Å². The average molecular weight is 400 g/mol. The first-order chi connectivity index (χ1) is 13.4. The Hall–Kier alpha value is -3.45. The third kappa shape index (κ3) is 4.83. The van der Waals surface area contributed by atoms with Gasteiger partial charge in [-0.25, -0.2) is 9.18 Å². The number of pyridine rings is 1. The largest absolute Gasteiger partial charge is 0.410 e. The number of hydrogen-bond acceptors (Lipinski definition) is 5. The summed E-state index contributed by atoms with van der Waals surface area (Å²) in [5.74, 6) is -1.66. The lowest BCUT2D eigenvalue weighted by Crippen LogP contribution is -2.17. The van der Waals surface area contributed by atoms with Crippen LogP contribution < -0.4 is 15.8 Å². The van der Waals surface area contributed by atoms with Crippen LogP contribution in [-0.2, 0) is 6.54 Å². The molecule has 2 aromatic carbocycles. The fourth-order valence-electron chi connectivity index (χ4n) is 2.42. The Morgan fingerprint density at radius 2 is 1.86 bits per heavy atom. The number of nitrogens with one attached hydrogen (secondary N) is 1. The van der Waals surface area contributed by atoms with Gasteiger partial charge in [-0.2, -0.15) is 0 Å². The van der Waals surface area contributed by atoms with Gasteiger partial charge in [-0.15, -0.1) is 0 Å². The molecule has 0 saturated heterocycles. The Kier molecular flexibility index (Phi) is 5.86. The van der Waals surface area contributed by atoms with Crippen molar-refractivity contribution >= 4 is 29.2 Å². The molecular weight excluding hydrogens is 385 g/mol. The predicted octanol–water partition coefficient (Wildman–Crippen LogP) is 4.17. The van der Waals surface area contributed by atoms with Gasteiger partial charge in [0.1, 0.15) is 5.69 Å². The van der Waals surface area contributed by atoms with Crippen molar-refractivity contribution < 1.29 is 18.7 Å². The molecule has 1 amide bonds. The Morgan fingerprint density at radius 3 is 2.50 bits per heavy atom. The van der Waals surface area contributed by atoms with Gasteiger partial charge in [0.15, 0.2) is 11.6 Å². The smallest absolute Gasteiger partial charge is 0.407 e. The van der Waals surface area contributed by atoms with E-state index in [-0.39, 0.29) is 11.3 Å². The highest BCUT2D eigenvalue weighted by atomic mass is 35.5. The van der Waals surface area contributed by atoms with Crippen molar-refractivity contribution in [1.82, 2.24) is 4.98 Å². The molecular formula is C20H15ClFN3O3. The zero-order valence-electron chi connectivity index (χ0n) is 14.5. The second kappa shape index (κ2) is 8.49. The molecule has 8 heteroatoms. The van der Waals surface area contributed by atoms with E-state index in [0.29, 0.717) is 11.6 Å². The van der Waals surface area contributed by atoms with Crippen molar-refractivity contribution in [2.75, 3.05) is 5.32 Å². The van der Waals surface area contributed by atoms with Crippen LogP contribution in [0.2, 0.25) is 5.02 Å². The van der Waals surface area contributed by atoms with E-state index in [0.717, 1.165) is 23.4 Å². The summed E-state index contributed by atoms with van der Waals surface area (Å²) in [6, 6.07) is 14.1. The fraction of sp³-hybridized carbons (Fsp3) is 0.0500. The number of primary amides is 1. The normalized spacial score (nSPS) is 10.4. The van der Waals surface area contributed by atoms with Crippen molar-refractivity contribution in [2.24, 2.45) is 5.73 Å². The number of amides is 1. The summed E-state index contributed by atoms with van der Waals surface area (Å²) in [4.78, 5) is 27.5. The van der Waals surface area contributed by atoms with Crippen LogP contribution in [0.1, 0.15) is 21.6 Å². The Bertz CT molecular complexity index is 1010. The Labute approximate surface area is 165 Å². The Balaban J connectivity index is 1.69. The molecule has 142 valence electrons. The van der Waals surface area contributed by atoms with Gasteiger partial charge in [0.05, 0.1) is 11.9 Å². The summed E-state index contributed by atoms with van der Waals surface area (Å²) in [7, 11) is 0. The molecule has 28 heavy (non-hydrogen) atoms. The van der Waals surface area contributed by atoms with Crippen LogP contribution in [0.3, 0.4) is 0 Å². The van der Waals surface area contributed by atoms with Crippen LogP contribution in [0.5, 0.6) is 5.75 Å². The lowest BCUT2D eigenvalue weighted by atomic mass is 10.1. The minimum atomic E-state index is -1.17. The molecule has 0 aliphatic rings. The quantitative estimate of drug-likeness (QED) is 0.606. The molecule has 0 aliphatic carbocycles. The highest BCUT2D eigenvalue weighted by Crippen LogP contribution is 2.21. The zero-order chi connectivity index (χ0) is 20.1. The van der Waals surface area contributed by atoms with E-state index in [9.17, 15) is 14.0 Å². The highest BCUT2D eigenvalue weighted by molar-refractivity contribution is 6.30. The van der Waals surface area contributed by atoms with Gasteiger partial charge in [0.25, 0.3) is 0 Å². The van der Waals surface area contributed by atoms with Gasteiger partial charge in [-0.3, -0.25) is 9.78 Å². The zero-order valence-corrected chi connectivity index (χ0v) is 15.2. The SMILES string of the molecule is NC(=O)Oc1cc(C(=O)c2ccc(NCc3ccc(Cl)cc3)cn2)ccc1F. The molecule has 0 fully saturated rings. The van der Waals surface area contributed by atoms with Gasteiger partial charge in [-0.1, -0.05) is 23.7 Å². The van der Waals surface area contributed by atoms with Crippen LogP contribution in [-0.4, -0.2) is 16.9 Å². The van der Waals surface area contributed by atoms with Crippen LogP contribution in [0.15, 0.2) is 60.8 Å².